The number of ether oxygens (including phenoxy) is 1. The van der Waals surface area contributed by atoms with Crippen molar-refractivity contribution in [3.8, 4) is 0 Å². The van der Waals surface area contributed by atoms with E-state index in [0.717, 1.165) is 16.9 Å². The van der Waals surface area contributed by atoms with Gasteiger partial charge >= 0.3 is 12.0 Å². The van der Waals surface area contributed by atoms with Crippen molar-refractivity contribution in [2.45, 2.75) is 32.4 Å². The molecule has 37 heavy (non-hydrogen) atoms. The number of aryl methyl sites for hydroxylation is 1. The first-order valence-corrected chi connectivity index (χ1v) is 11.3. The minimum absolute atomic E-state index is 0.0215. The minimum atomic E-state index is -3.57. The van der Waals surface area contributed by atoms with E-state index < -0.39 is 35.7 Å². The fraction of sp³-hybridized carbons (Fsp3) is 0.250. The van der Waals surface area contributed by atoms with Crippen molar-refractivity contribution in [1.29, 1.82) is 0 Å². The highest BCUT2D eigenvalue weighted by molar-refractivity contribution is 6.30. The number of rotatable bonds is 10. The van der Waals surface area contributed by atoms with Gasteiger partial charge in [0.25, 0.3) is 11.3 Å². The highest BCUT2D eigenvalue weighted by atomic mass is 35.5. The summed E-state index contributed by atoms with van der Waals surface area (Å²) in [4.78, 5) is 36.4. The standard InChI is InChI=1S/C24H24ClF2N5O5/c1-15-7-9-31(30-14-24(26,27)20-4-2-3-8-32(20)36)22(34)19(15)11-21(33)29-12-17-10-18(25)6-5-16(17)13-37-23(28)35/h2-10,30H,11-14H2,1H3,(H2,28,35)(H,29,33). The largest absolute Gasteiger partial charge is 0.618 e. The number of carbonyl (C=O) groups is 2. The fourth-order valence-electron chi connectivity index (χ4n) is 3.46. The molecule has 0 aliphatic heterocycles. The Morgan fingerprint density at radius 1 is 1.22 bits per heavy atom. The van der Waals surface area contributed by atoms with E-state index in [9.17, 15) is 28.4 Å². The van der Waals surface area contributed by atoms with Crippen molar-refractivity contribution < 1.29 is 27.8 Å². The third-order valence-electron chi connectivity index (χ3n) is 5.45. The van der Waals surface area contributed by atoms with Crippen molar-refractivity contribution in [1.82, 2.24) is 9.99 Å². The lowest BCUT2D eigenvalue weighted by Gasteiger charge is -2.18. The molecule has 3 rings (SSSR count). The van der Waals surface area contributed by atoms with Gasteiger partial charge in [-0.1, -0.05) is 17.7 Å². The summed E-state index contributed by atoms with van der Waals surface area (Å²) in [6.45, 7) is 0.488. The number of aromatic nitrogens is 2. The van der Waals surface area contributed by atoms with Crippen LogP contribution in [-0.4, -0.2) is 23.2 Å². The molecular weight excluding hydrogens is 512 g/mol. The topological polar surface area (TPSA) is 142 Å². The second-order valence-corrected chi connectivity index (χ2v) is 8.51. The van der Waals surface area contributed by atoms with E-state index in [0.29, 0.717) is 21.7 Å². The first-order valence-electron chi connectivity index (χ1n) is 11.0. The maximum Gasteiger partial charge on any atom is 0.404 e. The van der Waals surface area contributed by atoms with Gasteiger partial charge in [-0.15, -0.1) is 0 Å². The predicted molar refractivity (Wildman–Crippen MR) is 130 cm³/mol. The molecule has 1 aromatic carbocycles. The molecule has 0 saturated heterocycles. The summed E-state index contributed by atoms with van der Waals surface area (Å²) in [5.41, 5.74) is 7.59. The smallest absolute Gasteiger partial charge is 0.404 e. The Morgan fingerprint density at radius 2 is 1.97 bits per heavy atom. The Morgan fingerprint density at radius 3 is 2.68 bits per heavy atom. The third-order valence-corrected chi connectivity index (χ3v) is 5.68. The Bertz CT molecular complexity index is 1370. The molecule has 2 aromatic heterocycles. The van der Waals surface area contributed by atoms with Gasteiger partial charge in [0.2, 0.25) is 5.91 Å². The molecule has 10 nitrogen and oxygen atoms in total. The van der Waals surface area contributed by atoms with E-state index in [-0.39, 0.29) is 29.9 Å². The number of hydrogen-bond acceptors (Lipinski definition) is 6. The molecule has 0 radical (unpaired) electrons. The highest BCUT2D eigenvalue weighted by Crippen LogP contribution is 2.24. The summed E-state index contributed by atoms with van der Waals surface area (Å²) in [6.07, 6.45) is 0.941. The average Bonchev–Trinajstić information content (AvgIpc) is 2.84. The summed E-state index contributed by atoms with van der Waals surface area (Å²) >= 11 is 6.02. The lowest BCUT2D eigenvalue weighted by atomic mass is 10.1. The number of nitrogens with two attached hydrogens (primary N) is 1. The van der Waals surface area contributed by atoms with Gasteiger partial charge in [-0.3, -0.25) is 9.59 Å². The van der Waals surface area contributed by atoms with Crippen LogP contribution in [0.4, 0.5) is 13.6 Å². The molecule has 0 spiro atoms. The Balaban J connectivity index is 1.69. The molecule has 0 fully saturated rings. The van der Waals surface area contributed by atoms with Crippen LogP contribution in [-0.2, 0) is 35.0 Å². The first kappa shape index (κ1) is 27.4. The fourth-order valence-corrected chi connectivity index (χ4v) is 3.66. The molecule has 0 aliphatic carbocycles. The zero-order valence-electron chi connectivity index (χ0n) is 19.7. The van der Waals surface area contributed by atoms with Gasteiger partial charge < -0.3 is 26.4 Å². The predicted octanol–water partition coefficient (Wildman–Crippen LogP) is 2.23. The van der Waals surface area contributed by atoms with Crippen LogP contribution in [0.5, 0.6) is 0 Å². The van der Waals surface area contributed by atoms with Crippen LogP contribution in [0, 0.1) is 12.1 Å². The molecule has 0 atom stereocenters. The number of benzene rings is 1. The van der Waals surface area contributed by atoms with Crippen LogP contribution in [0.1, 0.15) is 27.9 Å². The minimum Gasteiger partial charge on any atom is -0.618 e. The van der Waals surface area contributed by atoms with Gasteiger partial charge in [-0.05, 0) is 47.9 Å². The van der Waals surface area contributed by atoms with Crippen molar-refractivity contribution in [3.05, 3.63) is 103 Å². The molecule has 0 aliphatic rings. The number of alkyl halides is 2. The summed E-state index contributed by atoms with van der Waals surface area (Å²) in [5, 5.41) is 14.8. The van der Waals surface area contributed by atoms with E-state index >= 15 is 0 Å². The van der Waals surface area contributed by atoms with Gasteiger partial charge in [-0.2, -0.15) is 13.5 Å². The summed E-state index contributed by atoms with van der Waals surface area (Å²) < 4.78 is 34.8. The van der Waals surface area contributed by atoms with Crippen molar-refractivity contribution in [2.24, 2.45) is 5.73 Å². The summed E-state index contributed by atoms with van der Waals surface area (Å²) in [5.74, 6) is -4.08. The third kappa shape index (κ3) is 7.17. The van der Waals surface area contributed by atoms with Crippen molar-refractivity contribution >= 4 is 23.6 Å². The number of pyridine rings is 2. The number of nitrogens with zero attached hydrogens (tertiary/aromatic N) is 2. The van der Waals surface area contributed by atoms with Crippen LogP contribution in [0.2, 0.25) is 5.02 Å². The molecule has 2 heterocycles. The maximum atomic E-state index is 14.5. The second kappa shape index (κ2) is 11.7. The normalized spacial score (nSPS) is 11.1. The molecule has 13 heteroatoms. The number of primary amides is 1. The maximum absolute atomic E-state index is 14.5. The Labute approximate surface area is 215 Å². The van der Waals surface area contributed by atoms with Crippen LogP contribution >= 0.6 is 11.6 Å². The van der Waals surface area contributed by atoms with E-state index in [1.165, 1.54) is 24.4 Å². The zero-order valence-corrected chi connectivity index (χ0v) is 20.4. The number of nitrogens with one attached hydrogen (secondary N) is 2. The second-order valence-electron chi connectivity index (χ2n) is 8.08. The van der Waals surface area contributed by atoms with Crippen molar-refractivity contribution in [2.75, 3.05) is 12.0 Å². The molecule has 2 amide bonds. The van der Waals surface area contributed by atoms with Crippen LogP contribution in [0.15, 0.2) is 59.7 Å². The number of hydrogen-bond donors (Lipinski definition) is 3. The Kier molecular flexibility index (Phi) is 8.66. The van der Waals surface area contributed by atoms with Crippen LogP contribution < -0.4 is 26.8 Å². The van der Waals surface area contributed by atoms with Crippen LogP contribution in [0.25, 0.3) is 0 Å². The number of amides is 2. The Hall–Kier alpha value is -4.19. The van der Waals surface area contributed by atoms with Crippen LogP contribution in [0.3, 0.4) is 0 Å². The first-order chi connectivity index (χ1) is 17.5. The van der Waals surface area contributed by atoms with E-state index in [4.69, 9.17) is 22.1 Å². The van der Waals surface area contributed by atoms with Crippen molar-refractivity contribution in [3.63, 3.8) is 0 Å². The highest BCUT2D eigenvalue weighted by Gasteiger charge is 2.39. The summed E-state index contributed by atoms with van der Waals surface area (Å²) in [6, 6.07) is 9.93. The lowest BCUT2D eigenvalue weighted by molar-refractivity contribution is -0.624. The summed E-state index contributed by atoms with van der Waals surface area (Å²) in [7, 11) is 0. The number of halogens is 3. The molecular formula is C24H24ClF2N5O5. The number of carbonyl (C=O) groups excluding carboxylic acids is 2. The van der Waals surface area contributed by atoms with E-state index in [1.54, 1.807) is 25.1 Å². The van der Waals surface area contributed by atoms with Gasteiger partial charge in [0.05, 0.1) is 6.42 Å². The van der Waals surface area contributed by atoms with Gasteiger partial charge in [-0.25, -0.2) is 9.47 Å². The van der Waals surface area contributed by atoms with Gasteiger partial charge in [0.1, 0.15) is 13.2 Å². The molecule has 0 saturated carbocycles. The monoisotopic (exact) mass is 535 g/mol. The molecule has 4 N–H and O–H groups in total. The van der Waals surface area contributed by atoms with E-state index in [2.05, 4.69) is 10.7 Å². The molecule has 0 unspecified atom stereocenters. The lowest BCUT2D eigenvalue weighted by Crippen LogP contribution is -2.44. The molecule has 3 aromatic rings. The molecule has 196 valence electrons. The quantitative estimate of drug-likeness (QED) is 0.268. The SMILES string of the molecule is Cc1ccn(NCC(F)(F)c2cccc[n+]2[O-])c(=O)c1CC(=O)NCc1cc(Cl)ccc1COC(N)=O. The molecule has 0 bridgehead atoms. The zero-order chi connectivity index (χ0) is 27.2. The van der Waals surface area contributed by atoms with Gasteiger partial charge in [0, 0.05) is 35.5 Å². The average molecular weight is 536 g/mol. The van der Waals surface area contributed by atoms with Gasteiger partial charge in [0.15, 0.2) is 6.20 Å². The van der Waals surface area contributed by atoms with E-state index in [1.807, 2.05) is 0 Å².